The van der Waals surface area contributed by atoms with Crippen molar-refractivity contribution in [3.05, 3.63) is 35.9 Å². The minimum absolute atomic E-state index is 0.189. The number of hydrogen-bond acceptors (Lipinski definition) is 3. The summed E-state index contributed by atoms with van der Waals surface area (Å²) in [4.78, 5) is 13.9. The van der Waals surface area contributed by atoms with E-state index in [0.717, 1.165) is 39.1 Å². The number of rotatable bonds is 6. The monoisotopic (exact) mass is 302 g/mol. The van der Waals surface area contributed by atoms with Crippen molar-refractivity contribution >= 4 is 5.91 Å². The Labute approximate surface area is 132 Å². The zero-order valence-electron chi connectivity index (χ0n) is 13.2. The van der Waals surface area contributed by atoms with E-state index < -0.39 is 0 Å². The fourth-order valence-electron chi connectivity index (χ4n) is 3.33. The third-order valence-electron chi connectivity index (χ3n) is 4.64. The minimum Gasteiger partial charge on any atom is -0.377 e. The third kappa shape index (κ3) is 4.08. The molecule has 1 aromatic carbocycles. The van der Waals surface area contributed by atoms with E-state index in [9.17, 15) is 4.79 Å². The van der Waals surface area contributed by atoms with Crippen molar-refractivity contribution in [1.82, 2.24) is 10.2 Å². The minimum atomic E-state index is 0.189. The predicted octanol–water partition coefficient (Wildman–Crippen LogP) is 2.51. The molecule has 1 N–H and O–H groups in total. The van der Waals surface area contributed by atoms with Gasteiger partial charge < -0.3 is 15.0 Å². The molecule has 2 fully saturated rings. The van der Waals surface area contributed by atoms with Gasteiger partial charge in [-0.2, -0.15) is 0 Å². The van der Waals surface area contributed by atoms with Gasteiger partial charge in [-0.15, -0.1) is 0 Å². The molecule has 1 amide bonds. The Hall–Kier alpha value is -1.39. The first-order valence-corrected chi connectivity index (χ1v) is 8.50. The first-order valence-electron chi connectivity index (χ1n) is 8.50. The highest BCUT2D eigenvalue weighted by molar-refractivity contribution is 5.78. The van der Waals surface area contributed by atoms with Gasteiger partial charge in [0.05, 0.1) is 6.10 Å². The molecule has 0 aliphatic carbocycles. The lowest BCUT2D eigenvalue weighted by Crippen LogP contribution is -2.40. The normalized spacial score (nSPS) is 23.7. The van der Waals surface area contributed by atoms with Crippen LogP contribution in [-0.4, -0.2) is 43.2 Å². The third-order valence-corrected chi connectivity index (χ3v) is 4.64. The van der Waals surface area contributed by atoms with E-state index in [1.165, 1.54) is 18.4 Å². The molecule has 3 rings (SSSR count). The number of nitrogens with one attached hydrogen (secondary N) is 1. The van der Waals surface area contributed by atoms with Crippen molar-refractivity contribution in [3.8, 4) is 0 Å². The number of carbonyl (C=O) groups excluding carboxylic acids is 1. The van der Waals surface area contributed by atoms with E-state index in [1.54, 1.807) is 0 Å². The maximum absolute atomic E-state index is 11.9. The van der Waals surface area contributed by atoms with Gasteiger partial charge >= 0.3 is 0 Å². The van der Waals surface area contributed by atoms with Gasteiger partial charge in [-0.3, -0.25) is 4.79 Å². The smallest absolute Gasteiger partial charge is 0.222 e. The fraction of sp³-hybridized carbons (Fsp3) is 0.611. The average Bonchev–Trinajstić information content (AvgIpc) is 2.98. The SMILES string of the molecule is O=C1CCCN1C[C@H](NC[C@@H]1CCCCO1)c1ccccc1. The van der Waals surface area contributed by atoms with Crippen LogP contribution in [0.15, 0.2) is 30.3 Å². The molecule has 22 heavy (non-hydrogen) atoms. The maximum atomic E-state index is 11.9. The summed E-state index contributed by atoms with van der Waals surface area (Å²) in [5.41, 5.74) is 1.25. The highest BCUT2D eigenvalue weighted by Crippen LogP contribution is 2.19. The highest BCUT2D eigenvalue weighted by Gasteiger charge is 2.25. The largest absolute Gasteiger partial charge is 0.377 e. The summed E-state index contributed by atoms with van der Waals surface area (Å²) >= 11 is 0. The van der Waals surface area contributed by atoms with Crippen molar-refractivity contribution in [2.45, 2.75) is 44.2 Å². The number of hydrogen-bond donors (Lipinski definition) is 1. The van der Waals surface area contributed by atoms with Gasteiger partial charge in [-0.1, -0.05) is 30.3 Å². The van der Waals surface area contributed by atoms with Crippen LogP contribution in [-0.2, 0) is 9.53 Å². The summed E-state index contributed by atoms with van der Waals surface area (Å²) in [5.74, 6) is 0.289. The number of likely N-dealkylation sites (tertiary alicyclic amines) is 1. The van der Waals surface area contributed by atoms with Gasteiger partial charge in [0.15, 0.2) is 0 Å². The van der Waals surface area contributed by atoms with Crippen LogP contribution in [0.4, 0.5) is 0 Å². The van der Waals surface area contributed by atoms with Gasteiger partial charge in [-0.05, 0) is 31.2 Å². The van der Waals surface area contributed by atoms with E-state index in [-0.39, 0.29) is 11.9 Å². The lowest BCUT2D eigenvalue weighted by Gasteiger charge is -2.29. The van der Waals surface area contributed by atoms with Crippen molar-refractivity contribution in [1.29, 1.82) is 0 Å². The topological polar surface area (TPSA) is 41.6 Å². The fourth-order valence-corrected chi connectivity index (χ4v) is 3.33. The van der Waals surface area contributed by atoms with Gasteiger partial charge in [0.25, 0.3) is 0 Å². The lowest BCUT2D eigenvalue weighted by atomic mass is 10.0. The molecule has 4 heteroatoms. The van der Waals surface area contributed by atoms with Crippen LogP contribution in [0.2, 0.25) is 0 Å². The molecule has 0 saturated carbocycles. The van der Waals surface area contributed by atoms with Crippen LogP contribution < -0.4 is 5.32 Å². The molecule has 2 atom stereocenters. The van der Waals surface area contributed by atoms with Crippen LogP contribution in [0.1, 0.15) is 43.7 Å². The first-order chi connectivity index (χ1) is 10.8. The Bertz CT molecular complexity index is 471. The lowest BCUT2D eigenvalue weighted by molar-refractivity contribution is -0.128. The average molecular weight is 302 g/mol. The standard InChI is InChI=1S/C18H26N2O2/c21-18-10-6-11-20(18)14-17(15-7-2-1-3-8-15)19-13-16-9-4-5-12-22-16/h1-3,7-8,16-17,19H,4-6,9-14H2/t16-,17-/m0/s1. The second-order valence-electron chi connectivity index (χ2n) is 6.30. The summed E-state index contributed by atoms with van der Waals surface area (Å²) in [7, 11) is 0. The molecule has 0 aromatic heterocycles. The number of carbonyl (C=O) groups is 1. The molecular formula is C18H26N2O2. The quantitative estimate of drug-likeness (QED) is 0.878. The Balaban J connectivity index is 1.61. The molecule has 0 unspecified atom stereocenters. The Morgan fingerprint density at radius 1 is 1.23 bits per heavy atom. The Morgan fingerprint density at radius 2 is 2.09 bits per heavy atom. The molecule has 2 saturated heterocycles. The van der Waals surface area contributed by atoms with Gasteiger partial charge in [0.1, 0.15) is 0 Å². The maximum Gasteiger partial charge on any atom is 0.222 e. The van der Waals surface area contributed by atoms with E-state index >= 15 is 0 Å². The number of nitrogens with zero attached hydrogens (tertiary/aromatic N) is 1. The summed E-state index contributed by atoms with van der Waals surface area (Å²) in [5, 5.41) is 3.63. The second kappa shape index (κ2) is 7.75. The van der Waals surface area contributed by atoms with E-state index in [2.05, 4.69) is 29.6 Å². The van der Waals surface area contributed by atoms with Crippen LogP contribution in [0.25, 0.3) is 0 Å². The van der Waals surface area contributed by atoms with Crippen molar-refractivity contribution in [2.75, 3.05) is 26.2 Å². The van der Waals surface area contributed by atoms with Crippen LogP contribution in [0.5, 0.6) is 0 Å². The zero-order chi connectivity index (χ0) is 15.2. The molecule has 0 bridgehead atoms. The van der Waals surface area contributed by atoms with Crippen molar-refractivity contribution in [2.24, 2.45) is 0 Å². The van der Waals surface area contributed by atoms with Crippen LogP contribution in [0.3, 0.4) is 0 Å². The molecule has 2 heterocycles. The molecule has 4 nitrogen and oxygen atoms in total. The Morgan fingerprint density at radius 3 is 2.77 bits per heavy atom. The van der Waals surface area contributed by atoms with Gasteiger partial charge in [-0.25, -0.2) is 0 Å². The van der Waals surface area contributed by atoms with E-state index in [4.69, 9.17) is 4.74 Å². The van der Waals surface area contributed by atoms with Gasteiger partial charge in [0.2, 0.25) is 5.91 Å². The molecule has 2 aliphatic heterocycles. The molecule has 1 aromatic rings. The summed E-state index contributed by atoms with van der Waals surface area (Å²) in [6.45, 7) is 3.40. The zero-order valence-corrected chi connectivity index (χ0v) is 13.2. The molecule has 0 spiro atoms. The van der Waals surface area contributed by atoms with Crippen molar-refractivity contribution in [3.63, 3.8) is 0 Å². The summed E-state index contributed by atoms with van der Waals surface area (Å²) in [6.07, 6.45) is 5.58. The number of ether oxygens (including phenoxy) is 1. The Kier molecular flexibility index (Phi) is 5.46. The van der Waals surface area contributed by atoms with Gasteiger partial charge in [0, 0.05) is 38.7 Å². The molecule has 120 valence electrons. The highest BCUT2D eigenvalue weighted by atomic mass is 16.5. The second-order valence-corrected chi connectivity index (χ2v) is 6.30. The van der Waals surface area contributed by atoms with E-state index in [0.29, 0.717) is 12.5 Å². The predicted molar refractivity (Wildman–Crippen MR) is 86.6 cm³/mol. The molecule has 0 radical (unpaired) electrons. The number of benzene rings is 1. The first kappa shape index (κ1) is 15.5. The summed E-state index contributed by atoms with van der Waals surface area (Å²) < 4.78 is 5.81. The van der Waals surface area contributed by atoms with E-state index in [1.807, 2.05) is 11.0 Å². The number of amides is 1. The molecular weight excluding hydrogens is 276 g/mol. The van der Waals surface area contributed by atoms with Crippen LogP contribution in [0, 0.1) is 0 Å². The molecule has 2 aliphatic rings. The van der Waals surface area contributed by atoms with Crippen molar-refractivity contribution < 1.29 is 9.53 Å². The van der Waals surface area contributed by atoms with Crippen LogP contribution >= 0.6 is 0 Å². The summed E-state index contributed by atoms with van der Waals surface area (Å²) in [6, 6.07) is 10.6.